The number of ether oxygens (including phenoxy) is 1. The second-order valence-corrected chi connectivity index (χ2v) is 5.41. The zero-order valence-corrected chi connectivity index (χ0v) is 11.3. The molecular weight excluding hydrogens is 242 g/mol. The molecule has 16 heavy (non-hydrogen) atoms. The van der Waals surface area contributed by atoms with Crippen molar-refractivity contribution < 1.29 is 4.74 Å². The van der Waals surface area contributed by atoms with Crippen LogP contribution in [0.4, 0.5) is 0 Å². The van der Waals surface area contributed by atoms with Crippen LogP contribution in [-0.2, 0) is 4.74 Å². The minimum Gasteiger partial charge on any atom is -0.376 e. The van der Waals surface area contributed by atoms with Gasteiger partial charge in [-0.2, -0.15) is 0 Å². The molecule has 0 aliphatic heterocycles. The summed E-state index contributed by atoms with van der Waals surface area (Å²) in [6, 6.07) is 2.32. The smallest absolute Gasteiger partial charge is 0.0931 e. The maximum atomic E-state index is 5.88. The lowest BCUT2D eigenvalue weighted by Gasteiger charge is -2.12. The maximum Gasteiger partial charge on any atom is 0.0931 e. The molecule has 0 radical (unpaired) electrons. The minimum absolute atomic E-state index is 0.317. The average molecular weight is 260 g/mol. The van der Waals surface area contributed by atoms with Gasteiger partial charge in [0.2, 0.25) is 0 Å². The van der Waals surface area contributed by atoms with Crippen LogP contribution >= 0.6 is 22.9 Å². The Morgan fingerprint density at radius 1 is 1.69 bits per heavy atom. The Kier molecular flexibility index (Phi) is 6.06. The van der Waals surface area contributed by atoms with Crippen molar-refractivity contribution in [2.75, 3.05) is 19.8 Å². The standard InChI is InChI=1S/C12H18ClNOS/c1-9(2)7-15-5-4-14-10(3)11-6-12(13)16-8-11/h6,8,10,14H,1,4-5,7H2,2-3H3. The first kappa shape index (κ1) is 13.7. The molecule has 0 amide bonds. The molecular formula is C12H18ClNOS. The van der Waals surface area contributed by atoms with Crippen molar-refractivity contribution in [2.24, 2.45) is 0 Å². The third-order valence-corrected chi connectivity index (χ3v) is 3.24. The van der Waals surface area contributed by atoms with Gasteiger partial charge in [-0.3, -0.25) is 0 Å². The monoisotopic (exact) mass is 259 g/mol. The van der Waals surface area contributed by atoms with E-state index >= 15 is 0 Å². The van der Waals surface area contributed by atoms with Crippen LogP contribution in [0, 0.1) is 0 Å². The molecule has 1 N–H and O–H groups in total. The van der Waals surface area contributed by atoms with E-state index in [1.54, 1.807) is 11.3 Å². The molecule has 1 heterocycles. The summed E-state index contributed by atoms with van der Waals surface area (Å²) < 4.78 is 6.24. The quantitative estimate of drug-likeness (QED) is 0.596. The first-order valence-corrected chi connectivity index (χ1v) is 6.55. The predicted molar refractivity (Wildman–Crippen MR) is 71.4 cm³/mol. The van der Waals surface area contributed by atoms with Gasteiger partial charge in [0, 0.05) is 12.6 Å². The Balaban J connectivity index is 2.15. The summed E-state index contributed by atoms with van der Waals surface area (Å²) in [6.07, 6.45) is 0. The van der Waals surface area contributed by atoms with E-state index in [1.165, 1.54) is 5.56 Å². The van der Waals surface area contributed by atoms with Gasteiger partial charge in [-0.25, -0.2) is 0 Å². The van der Waals surface area contributed by atoms with Crippen LogP contribution in [0.3, 0.4) is 0 Å². The SMILES string of the molecule is C=C(C)COCCNC(C)c1csc(Cl)c1. The summed E-state index contributed by atoms with van der Waals surface area (Å²) in [6.45, 7) is 10.0. The molecule has 1 unspecified atom stereocenters. The van der Waals surface area contributed by atoms with Crippen LogP contribution in [0.25, 0.3) is 0 Å². The highest BCUT2D eigenvalue weighted by molar-refractivity contribution is 7.14. The van der Waals surface area contributed by atoms with E-state index in [0.717, 1.165) is 16.5 Å². The Morgan fingerprint density at radius 2 is 2.44 bits per heavy atom. The Morgan fingerprint density at radius 3 is 3.00 bits per heavy atom. The average Bonchev–Trinajstić information content (AvgIpc) is 2.63. The van der Waals surface area contributed by atoms with Gasteiger partial charge in [0.05, 0.1) is 17.6 Å². The van der Waals surface area contributed by atoms with Crippen molar-refractivity contribution in [3.05, 3.63) is 33.5 Å². The van der Waals surface area contributed by atoms with Gasteiger partial charge in [-0.05, 0) is 30.9 Å². The zero-order chi connectivity index (χ0) is 12.0. The van der Waals surface area contributed by atoms with E-state index < -0.39 is 0 Å². The fourth-order valence-electron chi connectivity index (χ4n) is 1.26. The van der Waals surface area contributed by atoms with Crippen molar-refractivity contribution >= 4 is 22.9 Å². The molecule has 1 rings (SSSR count). The van der Waals surface area contributed by atoms with E-state index in [-0.39, 0.29) is 0 Å². The lowest BCUT2D eigenvalue weighted by atomic mass is 10.2. The largest absolute Gasteiger partial charge is 0.376 e. The molecule has 0 saturated heterocycles. The Hall–Kier alpha value is -0.350. The minimum atomic E-state index is 0.317. The molecule has 2 nitrogen and oxygen atoms in total. The first-order valence-electron chi connectivity index (χ1n) is 5.29. The zero-order valence-electron chi connectivity index (χ0n) is 9.75. The maximum absolute atomic E-state index is 5.88. The van der Waals surface area contributed by atoms with Crippen LogP contribution in [0.5, 0.6) is 0 Å². The Labute approximate surface area is 106 Å². The van der Waals surface area contributed by atoms with Crippen molar-refractivity contribution in [2.45, 2.75) is 19.9 Å². The van der Waals surface area contributed by atoms with Crippen LogP contribution in [0.2, 0.25) is 4.34 Å². The van der Waals surface area contributed by atoms with Crippen molar-refractivity contribution in [3.8, 4) is 0 Å². The second kappa shape index (κ2) is 7.07. The van der Waals surface area contributed by atoms with Gasteiger partial charge in [0.15, 0.2) is 0 Å². The summed E-state index contributed by atoms with van der Waals surface area (Å²) in [5, 5.41) is 5.46. The first-order chi connectivity index (χ1) is 7.59. The van der Waals surface area contributed by atoms with E-state index in [4.69, 9.17) is 16.3 Å². The summed E-state index contributed by atoms with van der Waals surface area (Å²) in [4.78, 5) is 0. The third-order valence-electron chi connectivity index (χ3n) is 2.13. The van der Waals surface area contributed by atoms with Gasteiger partial charge in [0.25, 0.3) is 0 Å². The number of hydrogen-bond acceptors (Lipinski definition) is 3. The van der Waals surface area contributed by atoms with E-state index in [0.29, 0.717) is 19.3 Å². The molecule has 90 valence electrons. The summed E-state index contributed by atoms with van der Waals surface area (Å²) in [5.41, 5.74) is 2.28. The van der Waals surface area contributed by atoms with Crippen LogP contribution < -0.4 is 5.32 Å². The molecule has 0 spiro atoms. The van der Waals surface area contributed by atoms with Crippen molar-refractivity contribution in [1.29, 1.82) is 0 Å². The highest BCUT2D eigenvalue weighted by Gasteiger charge is 2.06. The number of thiophene rings is 1. The third kappa shape index (κ3) is 5.12. The number of halogens is 1. The summed E-state index contributed by atoms with van der Waals surface area (Å²) in [7, 11) is 0. The number of rotatable bonds is 7. The van der Waals surface area contributed by atoms with Crippen LogP contribution in [0.1, 0.15) is 25.5 Å². The summed E-state index contributed by atoms with van der Waals surface area (Å²) >= 11 is 7.44. The lowest BCUT2D eigenvalue weighted by molar-refractivity contribution is 0.156. The normalized spacial score (nSPS) is 12.7. The molecule has 1 atom stereocenters. The van der Waals surface area contributed by atoms with Gasteiger partial charge in [-0.15, -0.1) is 11.3 Å². The molecule has 1 aromatic heterocycles. The lowest BCUT2D eigenvalue weighted by Crippen LogP contribution is -2.23. The predicted octanol–water partition coefficient (Wildman–Crippen LogP) is 3.64. The van der Waals surface area contributed by atoms with Crippen LogP contribution in [-0.4, -0.2) is 19.8 Å². The molecule has 4 heteroatoms. The van der Waals surface area contributed by atoms with E-state index in [2.05, 4.69) is 24.2 Å². The van der Waals surface area contributed by atoms with Crippen molar-refractivity contribution in [1.82, 2.24) is 5.32 Å². The highest BCUT2D eigenvalue weighted by atomic mass is 35.5. The Bertz CT molecular complexity index is 338. The number of nitrogens with one attached hydrogen (secondary N) is 1. The molecule has 0 aliphatic carbocycles. The molecule has 0 fully saturated rings. The van der Waals surface area contributed by atoms with E-state index in [9.17, 15) is 0 Å². The molecule has 1 aromatic rings. The van der Waals surface area contributed by atoms with Crippen LogP contribution in [0.15, 0.2) is 23.6 Å². The van der Waals surface area contributed by atoms with Gasteiger partial charge in [-0.1, -0.05) is 23.8 Å². The van der Waals surface area contributed by atoms with Crippen molar-refractivity contribution in [3.63, 3.8) is 0 Å². The fourth-order valence-corrected chi connectivity index (χ4v) is 2.25. The highest BCUT2D eigenvalue weighted by Crippen LogP contribution is 2.24. The van der Waals surface area contributed by atoms with Gasteiger partial charge >= 0.3 is 0 Å². The number of hydrogen-bond donors (Lipinski definition) is 1. The summed E-state index contributed by atoms with van der Waals surface area (Å²) in [5.74, 6) is 0. The van der Waals surface area contributed by atoms with Gasteiger partial charge in [0.1, 0.15) is 0 Å². The topological polar surface area (TPSA) is 21.3 Å². The van der Waals surface area contributed by atoms with Gasteiger partial charge < -0.3 is 10.1 Å². The fraction of sp³-hybridized carbons (Fsp3) is 0.500. The second-order valence-electron chi connectivity index (χ2n) is 3.87. The van der Waals surface area contributed by atoms with E-state index in [1.807, 2.05) is 13.0 Å². The molecule has 0 saturated carbocycles. The molecule has 0 aliphatic rings. The molecule has 0 aromatic carbocycles. The molecule has 0 bridgehead atoms.